The zero-order chi connectivity index (χ0) is 25.4. The van der Waals surface area contributed by atoms with E-state index in [0.29, 0.717) is 44.8 Å². The minimum absolute atomic E-state index is 0.00794. The number of hydrogen-bond donors (Lipinski definition) is 2. The van der Waals surface area contributed by atoms with E-state index in [-0.39, 0.29) is 30.7 Å². The molecule has 0 aliphatic carbocycles. The number of allylic oxidation sites excluding steroid dienone is 1. The van der Waals surface area contributed by atoms with Gasteiger partial charge in [0, 0.05) is 25.2 Å². The Morgan fingerprint density at radius 1 is 1.14 bits per heavy atom. The zero-order valence-corrected chi connectivity index (χ0v) is 19.8. The van der Waals surface area contributed by atoms with E-state index >= 15 is 0 Å². The van der Waals surface area contributed by atoms with Gasteiger partial charge in [-0.3, -0.25) is 14.5 Å². The van der Waals surface area contributed by atoms with E-state index < -0.39 is 12.2 Å². The first-order valence-corrected chi connectivity index (χ1v) is 11.8. The number of halogens is 2. The summed E-state index contributed by atoms with van der Waals surface area (Å²) in [6.07, 6.45) is 4.96. The van der Waals surface area contributed by atoms with Crippen LogP contribution in [0.2, 0.25) is 0 Å². The molecule has 0 radical (unpaired) electrons. The van der Waals surface area contributed by atoms with Crippen LogP contribution in [0.25, 0.3) is 0 Å². The summed E-state index contributed by atoms with van der Waals surface area (Å²) in [6.45, 7) is -1.17. The van der Waals surface area contributed by atoms with Crippen LogP contribution in [0.4, 0.5) is 14.5 Å². The first-order valence-electron chi connectivity index (χ1n) is 11.8. The highest BCUT2D eigenvalue weighted by Gasteiger charge is 2.43. The van der Waals surface area contributed by atoms with Gasteiger partial charge in [0.15, 0.2) is 5.60 Å². The number of nitrogens with one attached hydrogen (secondary N) is 2. The van der Waals surface area contributed by atoms with Gasteiger partial charge in [-0.2, -0.15) is 8.78 Å². The number of fused-ring (bicyclic) bond motifs is 1. The van der Waals surface area contributed by atoms with Gasteiger partial charge in [-0.05, 0) is 42.3 Å². The number of anilines is 1. The number of carbonyl (C=O) groups is 2. The number of ether oxygens (including phenoxy) is 3. The Bertz CT molecular complexity index is 1080. The molecule has 1 atom stereocenters. The van der Waals surface area contributed by atoms with Crippen molar-refractivity contribution in [3.63, 3.8) is 0 Å². The van der Waals surface area contributed by atoms with E-state index in [1.54, 1.807) is 0 Å². The SMILES string of the molecule is O=C(CN1CCOC2(C/C=C/Cc3ccccc3OCCNC2=O)C1)Nc1ccc(OC(F)F)cc1. The Morgan fingerprint density at radius 3 is 2.75 bits per heavy atom. The number of hydrogen-bond acceptors (Lipinski definition) is 6. The van der Waals surface area contributed by atoms with Crippen molar-refractivity contribution >= 4 is 17.5 Å². The molecule has 1 saturated heterocycles. The summed E-state index contributed by atoms with van der Waals surface area (Å²) in [5, 5.41) is 5.65. The van der Waals surface area contributed by atoms with Crippen molar-refractivity contribution in [3.05, 3.63) is 66.2 Å². The average Bonchev–Trinajstić information content (AvgIpc) is 2.85. The first-order chi connectivity index (χ1) is 17.4. The predicted molar refractivity (Wildman–Crippen MR) is 129 cm³/mol. The van der Waals surface area contributed by atoms with Crippen LogP contribution in [0, 0.1) is 0 Å². The quantitative estimate of drug-likeness (QED) is 0.613. The molecule has 2 heterocycles. The molecule has 1 unspecified atom stereocenters. The van der Waals surface area contributed by atoms with Crippen molar-refractivity contribution in [2.45, 2.75) is 25.1 Å². The molecule has 0 aromatic heterocycles. The van der Waals surface area contributed by atoms with Gasteiger partial charge in [0.2, 0.25) is 5.91 Å². The Hall–Kier alpha value is -3.50. The zero-order valence-electron chi connectivity index (χ0n) is 19.8. The first kappa shape index (κ1) is 25.6. The lowest BCUT2D eigenvalue weighted by molar-refractivity contribution is -0.160. The molecule has 192 valence electrons. The largest absolute Gasteiger partial charge is 0.491 e. The van der Waals surface area contributed by atoms with Crippen molar-refractivity contribution in [3.8, 4) is 11.5 Å². The van der Waals surface area contributed by atoms with Crippen LogP contribution in [0.3, 0.4) is 0 Å². The van der Waals surface area contributed by atoms with Crippen LogP contribution in [0.15, 0.2) is 60.7 Å². The Balaban J connectivity index is 1.39. The second-order valence-electron chi connectivity index (χ2n) is 8.60. The molecule has 2 aromatic rings. The third kappa shape index (κ3) is 6.79. The lowest BCUT2D eigenvalue weighted by Gasteiger charge is -2.41. The summed E-state index contributed by atoms with van der Waals surface area (Å²) >= 11 is 0. The number of morpholine rings is 1. The van der Waals surface area contributed by atoms with E-state index in [4.69, 9.17) is 9.47 Å². The van der Waals surface area contributed by atoms with Crippen LogP contribution in [-0.4, -0.2) is 68.3 Å². The second kappa shape index (κ2) is 12.0. The molecule has 2 aliphatic heterocycles. The molecule has 8 nitrogen and oxygen atoms in total. The molecule has 10 heteroatoms. The molecule has 1 fully saturated rings. The molecule has 2 amide bonds. The van der Waals surface area contributed by atoms with Crippen molar-refractivity contribution in [1.29, 1.82) is 0 Å². The molecule has 0 saturated carbocycles. The van der Waals surface area contributed by atoms with Crippen molar-refractivity contribution in [1.82, 2.24) is 10.2 Å². The fraction of sp³-hybridized carbons (Fsp3) is 0.385. The molecule has 2 aliphatic rings. The van der Waals surface area contributed by atoms with Gasteiger partial charge in [-0.25, -0.2) is 0 Å². The number of rotatable bonds is 5. The minimum atomic E-state index is -2.91. The summed E-state index contributed by atoms with van der Waals surface area (Å²) in [7, 11) is 0. The molecule has 2 N–H and O–H groups in total. The number of carbonyl (C=O) groups excluding carboxylic acids is 2. The van der Waals surface area contributed by atoms with E-state index in [0.717, 1.165) is 11.3 Å². The van der Waals surface area contributed by atoms with Crippen LogP contribution >= 0.6 is 0 Å². The van der Waals surface area contributed by atoms with Gasteiger partial charge < -0.3 is 24.8 Å². The van der Waals surface area contributed by atoms with Gasteiger partial charge in [0.05, 0.1) is 19.7 Å². The normalized spacial score (nSPS) is 21.9. The van der Waals surface area contributed by atoms with Crippen molar-refractivity contribution in [2.24, 2.45) is 0 Å². The summed E-state index contributed by atoms with van der Waals surface area (Å²) in [4.78, 5) is 27.7. The van der Waals surface area contributed by atoms with Gasteiger partial charge in [-0.1, -0.05) is 30.4 Å². The number of para-hydroxylation sites is 1. The Labute approximate surface area is 208 Å². The highest BCUT2D eigenvalue weighted by molar-refractivity contribution is 5.92. The van der Waals surface area contributed by atoms with Crippen molar-refractivity contribution < 1.29 is 32.6 Å². The van der Waals surface area contributed by atoms with Crippen LogP contribution in [0.5, 0.6) is 11.5 Å². The lowest BCUT2D eigenvalue weighted by Crippen LogP contribution is -2.60. The number of benzene rings is 2. The molecule has 2 aromatic carbocycles. The maximum Gasteiger partial charge on any atom is 0.387 e. The van der Waals surface area contributed by atoms with Crippen LogP contribution in [0.1, 0.15) is 12.0 Å². The van der Waals surface area contributed by atoms with Gasteiger partial charge in [0.1, 0.15) is 18.1 Å². The summed E-state index contributed by atoms with van der Waals surface area (Å²) in [6, 6.07) is 13.5. The lowest BCUT2D eigenvalue weighted by atomic mass is 9.94. The van der Waals surface area contributed by atoms with Gasteiger partial charge >= 0.3 is 6.61 Å². The highest BCUT2D eigenvalue weighted by Crippen LogP contribution is 2.25. The van der Waals surface area contributed by atoms with Crippen LogP contribution < -0.4 is 20.1 Å². The molecular weight excluding hydrogens is 472 g/mol. The fourth-order valence-electron chi connectivity index (χ4n) is 4.25. The number of alkyl halides is 2. The van der Waals surface area contributed by atoms with E-state index in [1.807, 2.05) is 41.3 Å². The fourth-order valence-corrected chi connectivity index (χ4v) is 4.25. The predicted octanol–water partition coefficient (Wildman–Crippen LogP) is 3.00. The number of amides is 2. The second-order valence-corrected chi connectivity index (χ2v) is 8.60. The molecule has 1 spiro atoms. The maximum absolute atomic E-state index is 13.2. The molecule has 4 rings (SSSR count). The smallest absolute Gasteiger partial charge is 0.387 e. The summed E-state index contributed by atoms with van der Waals surface area (Å²) in [5.41, 5.74) is 0.394. The molecule has 36 heavy (non-hydrogen) atoms. The number of nitrogens with zero attached hydrogens (tertiary/aromatic N) is 1. The summed E-state index contributed by atoms with van der Waals surface area (Å²) < 4.78 is 40.8. The van der Waals surface area contributed by atoms with Gasteiger partial charge in [-0.15, -0.1) is 0 Å². The minimum Gasteiger partial charge on any atom is -0.491 e. The van der Waals surface area contributed by atoms with E-state index in [1.165, 1.54) is 24.3 Å². The van der Waals surface area contributed by atoms with E-state index in [2.05, 4.69) is 15.4 Å². The third-order valence-electron chi connectivity index (χ3n) is 5.98. The standard InChI is InChI=1S/C26H29F2N3O5/c27-25(28)36-21-10-8-20(9-11-21)30-23(32)17-31-14-16-35-26(18-31)12-4-3-6-19-5-1-2-7-22(19)34-15-13-29-24(26)33/h1-5,7-11,25H,6,12-18H2,(H,29,33)(H,30,32)/b4-3+. The maximum atomic E-state index is 13.2. The topological polar surface area (TPSA) is 89.1 Å². The molecular formula is C26H29F2N3O5. The van der Waals surface area contributed by atoms with E-state index in [9.17, 15) is 18.4 Å². The Kier molecular flexibility index (Phi) is 8.50. The summed E-state index contributed by atoms with van der Waals surface area (Å²) in [5.74, 6) is 0.274. The Morgan fingerprint density at radius 2 is 1.94 bits per heavy atom. The molecule has 0 bridgehead atoms. The monoisotopic (exact) mass is 501 g/mol. The highest BCUT2D eigenvalue weighted by atomic mass is 19.3. The van der Waals surface area contributed by atoms with Crippen LogP contribution in [-0.2, 0) is 20.7 Å². The van der Waals surface area contributed by atoms with Gasteiger partial charge in [0.25, 0.3) is 5.91 Å². The van der Waals surface area contributed by atoms with Crippen molar-refractivity contribution in [2.75, 3.05) is 44.7 Å². The third-order valence-corrected chi connectivity index (χ3v) is 5.98. The average molecular weight is 502 g/mol.